The number of rotatable bonds is 9. The van der Waals surface area contributed by atoms with Gasteiger partial charge in [-0.25, -0.2) is 0 Å². The van der Waals surface area contributed by atoms with Crippen molar-refractivity contribution in [1.29, 1.82) is 0 Å². The van der Waals surface area contributed by atoms with Crippen molar-refractivity contribution in [3.8, 4) is 5.75 Å². The third-order valence-corrected chi connectivity index (χ3v) is 2.70. The highest BCUT2D eigenvalue weighted by Gasteiger charge is 2.11. The van der Waals surface area contributed by atoms with Crippen molar-refractivity contribution < 1.29 is 19.1 Å². The maximum absolute atomic E-state index is 10.7. The van der Waals surface area contributed by atoms with Crippen molar-refractivity contribution in [3.63, 3.8) is 0 Å². The molecule has 0 fully saturated rings. The molecule has 112 valence electrons. The van der Waals surface area contributed by atoms with Crippen molar-refractivity contribution in [1.82, 2.24) is 0 Å². The first-order valence-electron chi connectivity index (χ1n) is 6.69. The molecule has 0 radical (unpaired) electrons. The van der Waals surface area contributed by atoms with Gasteiger partial charge in [0.05, 0.1) is 17.6 Å². The molecule has 0 bridgehead atoms. The molecule has 6 nitrogen and oxygen atoms in total. The van der Waals surface area contributed by atoms with Gasteiger partial charge in [-0.2, -0.15) is 0 Å². The third-order valence-electron chi connectivity index (χ3n) is 2.70. The molecule has 0 heterocycles. The smallest absolute Gasteiger partial charge is 0.273 e. The van der Waals surface area contributed by atoms with E-state index >= 15 is 0 Å². The van der Waals surface area contributed by atoms with Gasteiger partial charge in [0.25, 0.3) is 5.69 Å². The molecule has 0 saturated carbocycles. The van der Waals surface area contributed by atoms with Crippen LogP contribution in [-0.2, 0) is 9.47 Å². The monoisotopic (exact) mass is 283 g/mol. The fraction of sp³-hybridized carbons (Fsp3) is 0.571. The molecule has 0 aliphatic rings. The maximum atomic E-state index is 10.7. The van der Waals surface area contributed by atoms with E-state index in [2.05, 4.69) is 0 Å². The van der Waals surface area contributed by atoms with Crippen LogP contribution in [0.1, 0.15) is 25.8 Å². The second-order valence-electron chi connectivity index (χ2n) is 4.18. The molecule has 1 rings (SSSR count). The summed E-state index contributed by atoms with van der Waals surface area (Å²) >= 11 is 0. The van der Waals surface area contributed by atoms with E-state index in [1.807, 2.05) is 20.8 Å². The minimum absolute atomic E-state index is 0.0248. The van der Waals surface area contributed by atoms with Gasteiger partial charge in [-0.05, 0) is 32.4 Å². The second-order valence-corrected chi connectivity index (χ2v) is 4.18. The van der Waals surface area contributed by atoms with Crippen LogP contribution in [0.25, 0.3) is 0 Å². The van der Waals surface area contributed by atoms with Crippen LogP contribution in [0.3, 0.4) is 0 Å². The molecule has 1 aromatic carbocycles. The van der Waals surface area contributed by atoms with Crippen LogP contribution in [0.5, 0.6) is 5.75 Å². The number of non-ortho nitro benzene ring substituents is 1. The Morgan fingerprint density at radius 2 is 1.90 bits per heavy atom. The average molecular weight is 283 g/mol. The van der Waals surface area contributed by atoms with Gasteiger partial charge in [-0.1, -0.05) is 0 Å². The first-order chi connectivity index (χ1) is 9.58. The van der Waals surface area contributed by atoms with Crippen LogP contribution >= 0.6 is 0 Å². The molecular formula is C14H21NO5. The number of nitro benzene ring substituents is 1. The van der Waals surface area contributed by atoms with Gasteiger partial charge in [0.15, 0.2) is 6.29 Å². The number of benzene rings is 1. The predicted octanol–water partition coefficient (Wildman–Crippen LogP) is 3.07. The molecular weight excluding hydrogens is 262 g/mol. The summed E-state index contributed by atoms with van der Waals surface area (Å²) in [4.78, 5) is 10.3. The van der Waals surface area contributed by atoms with Crippen LogP contribution in [-0.4, -0.2) is 31.0 Å². The predicted molar refractivity (Wildman–Crippen MR) is 75.0 cm³/mol. The van der Waals surface area contributed by atoms with E-state index in [1.165, 1.54) is 12.1 Å². The number of hydrogen-bond donors (Lipinski definition) is 0. The zero-order valence-corrected chi connectivity index (χ0v) is 12.1. The summed E-state index contributed by atoms with van der Waals surface area (Å²) in [5.41, 5.74) is 0.886. The summed E-state index contributed by atoms with van der Waals surface area (Å²) in [5.74, 6) is 0.519. The van der Waals surface area contributed by atoms with Gasteiger partial charge in [0.1, 0.15) is 5.75 Å². The van der Waals surface area contributed by atoms with E-state index < -0.39 is 4.92 Å². The van der Waals surface area contributed by atoms with E-state index in [4.69, 9.17) is 14.2 Å². The van der Waals surface area contributed by atoms with Crippen LogP contribution in [0.4, 0.5) is 5.69 Å². The van der Waals surface area contributed by atoms with Gasteiger partial charge in [-0.3, -0.25) is 10.1 Å². The Bertz CT molecular complexity index is 430. The van der Waals surface area contributed by atoms with Gasteiger partial charge >= 0.3 is 0 Å². The lowest BCUT2D eigenvalue weighted by atomic mass is 10.2. The fourth-order valence-corrected chi connectivity index (χ4v) is 1.71. The zero-order chi connectivity index (χ0) is 15.0. The lowest BCUT2D eigenvalue weighted by Crippen LogP contribution is -2.20. The maximum Gasteiger partial charge on any atom is 0.273 e. The Kier molecular flexibility index (Phi) is 6.97. The van der Waals surface area contributed by atoms with Gasteiger partial charge in [0, 0.05) is 25.7 Å². The normalized spacial score (nSPS) is 10.8. The largest absolute Gasteiger partial charge is 0.493 e. The molecule has 0 amide bonds. The van der Waals surface area contributed by atoms with Gasteiger partial charge < -0.3 is 14.2 Å². The van der Waals surface area contributed by atoms with E-state index in [1.54, 1.807) is 6.07 Å². The highest BCUT2D eigenvalue weighted by molar-refractivity contribution is 5.43. The van der Waals surface area contributed by atoms with Crippen molar-refractivity contribution in [3.05, 3.63) is 33.9 Å². The lowest BCUT2D eigenvalue weighted by Gasteiger charge is -2.17. The van der Waals surface area contributed by atoms with E-state index in [0.29, 0.717) is 32.0 Å². The van der Waals surface area contributed by atoms with Crippen molar-refractivity contribution in [2.45, 2.75) is 33.5 Å². The van der Waals surface area contributed by atoms with Crippen LogP contribution < -0.4 is 4.74 Å². The standard InChI is InChI=1S/C14H21NO5/c1-4-18-14(19-5-2)8-9-20-13-10-12(15(16)17)7-6-11(13)3/h6-7,10,14H,4-5,8-9H2,1-3H3. The zero-order valence-electron chi connectivity index (χ0n) is 12.1. The fourth-order valence-electron chi connectivity index (χ4n) is 1.71. The number of nitro groups is 1. The summed E-state index contributed by atoms with van der Waals surface area (Å²) in [5, 5.41) is 10.7. The first-order valence-corrected chi connectivity index (χ1v) is 6.69. The van der Waals surface area contributed by atoms with E-state index in [-0.39, 0.29) is 12.0 Å². The molecule has 0 aliphatic heterocycles. The van der Waals surface area contributed by atoms with Crippen LogP contribution in [0.15, 0.2) is 18.2 Å². The molecule has 20 heavy (non-hydrogen) atoms. The summed E-state index contributed by atoms with van der Waals surface area (Å²) in [6, 6.07) is 4.58. The topological polar surface area (TPSA) is 70.8 Å². The number of nitrogens with zero attached hydrogens (tertiary/aromatic N) is 1. The summed E-state index contributed by atoms with van der Waals surface area (Å²) in [6.45, 7) is 7.17. The Balaban J connectivity index is 2.56. The minimum atomic E-state index is -0.435. The first kappa shape index (κ1) is 16.4. The molecule has 0 atom stereocenters. The molecule has 0 spiro atoms. The Hall–Kier alpha value is -1.66. The third kappa shape index (κ3) is 5.14. The Morgan fingerprint density at radius 1 is 1.25 bits per heavy atom. The average Bonchev–Trinajstić information content (AvgIpc) is 2.41. The Morgan fingerprint density at radius 3 is 2.45 bits per heavy atom. The quantitative estimate of drug-likeness (QED) is 0.395. The van der Waals surface area contributed by atoms with Crippen LogP contribution in [0, 0.1) is 17.0 Å². The van der Waals surface area contributed by atoms with Gasteiger partial charge in [0.2, 0.25) is 0 Å². The SMILES string of the molecule is CCOC(CCOc1cc([N+](=O)[O-])ccc1C)OCC. The molecule has 1 aromatic rings. The van der Waals surface area contributed by atoms with Crippen molar-refractivity contribution >= 4 is 5.69 Å². The van der Waals surface area contributed by atoms with E-state index in [9.17, 15) is 10.1 Å². The summed E-state index contributed by atoms with van der Waals surface area (Å²) in [7, 11) is 0. The minimum Gasteiger partial charge on any atom is -0.493 e. The summed E-state index contributed by atoms with van der Waals surface area (Å²) in [6.07, 6.45) is 0.271. The van der Waals surface area contributed by atoms with Gasteiger partial charge in [-0.15, -0.1) is 0 Å². The highest BCUT2D eigenvalue weighted by Crippen LogP contribution is 2.24. The molecule has 6 heteroatoms. The molecule has 0 N–H and O–H groups in total. The number of ether oxygens (including phenoxy) is 3. The Labute approximate surface area is 118 Å². The molecule has 0 saturated heterocycles. The second kappa shape index (κ2) is 8.50. The molecule has 0 aliphatic carbocycles. The molecule has 0 unspecified atom stereocenters. The lowest BCUT2D eigenvalue weighted by molar-refractivity contribution is -0.384. The van der Waals surface area contributed by atoms with Crippen molar-refractivity contribution in [2.75, 3.05) is 19.8 Å². The highest BCUT2D eigenvalue weighted by atomic mass is 16.7. The molecule has 0 aromatic heterocycles. The van der Waals surface area contributed by atoms with Crippen molar-refractivity contribution in [2.24, 2.45) is 0 Å². The number of aryl methyl sites for hydroxylation is 1. The van der Waals surface area contributed by atoms with Crippen LogP contribution in [0.2, 0.25) is 0 Å². The summed E-state index contributed by atoms with van der Waals surface area (Å²) < 4.78 is 16.4. The van der Waals surface area contributed by atoms with E-state index in [0.717, 1.165) is 5.56 Å². The number of hydrogen-bond acceptors (Lipinski definition) is 5.